The van der Waals surface area contributed by atoms with Gasteiger partial charge in [0.15, 0.2) is 5.16 Å². The molecule has 6 nitrogen and oxygen atoms in total. The number of nitrogens with zero attached hydrogens (tertiary/aromatic N) is 2. The second kappa shape index (κ2) is 7.06. The van der Waals surface area contributed by atoms with Gasteiger partial charge in [-0.25, -0.2) is 0 Å². The molecule has 21 heavy (non-hydrogen) atoms. The molecule has 112 valence electrons. The largest absolute Gasteiger partial charge is 0.339 e. The van der Waals surface area contributed by atoms with E-state index in [1.807, 2.05) is 18.2 Å². The molecule has 1 heterocycles. The van der Waals surface area contributed by atoms with Crippen LogP contribution in [0.5, 0.6) is 0 Å². The van der Waals surface area contributed by atoms with Crippen molar-refractivity contribution < 1.29 is 0 Å². The van der Waals surface area contributed by atoms with Crippen molar-refractivity contribution in [2.45, 2.75) is 23.5 Å². The maximum atomic E-state index is 11.3. The van der Waals surface area contributed by atoms with E-state index in [1.165, 1.54) is 16.4 Å². The van der Waals surface area contributed by atoms with Crippen molar-refractivity contribution >= 4 is 27.7 Å². The Hall–Kier alpha value is -1.38. The summed E-state index contributed by atoms with van der Waals surface area (Å²) in [4.78, 5) is 27.2. The first-order chi connectivity index (χ1) is 10.0. The normalized spacial score (nSPS) is 10.8. The highest BCUT2D eigenvalue weighted by Gasteiger charge is 2.09. The highest BCUT2D eigenvalue weighted by molar-refractivity contribution is 9.10. The molecule has 0 aliphatic carbocycles. The van der Waals surface area contributed by atoms with Gasteiger partial charge in [0, 0.05) is 23.0 Å². The molecule has 0 atom stereocenters. The lowest BCUT2D eigenvalue weighted by atomic mass is 10.2. The molecule has 2 rings (SSSR count). The van der Waals surface area contributed by atoms with E-state index in [0.29, 0.717) is 5.16 Å². The van der Waals surface area contributed by atoms with Gasteiger partial charge in [0.1, 0.15) is 0 Å². The van der Waals surface area contributed by atoms with Gasteiger partial charge in [-0.2, -0.15) is 4.98 Å². The number of H-pyrrole nitrogens is 1. The Labute approximate surface area is 134 Å². The fourth-order valence-corrected chi connectivity index (χ4v) is 3.13. The SMILES string of the molecule is CCNCc1ccc(Sc2nc(=O)c(=O)[nH]n2C)c(Br)c1. The molecule has 0 saturated heterocycles. The number of halogens is 1. The van der Waals surface area contributed by atoms with Gasteiger partial charge in [-0.3, -0.25) is 19.4 Å². The number of rotatable bonds is 5. The molecule has 0 saturated carbocycles. The van der Waals surface area contributed by atoms with E-state index in [0.717, 1.165) is 28.0 Å². The van der Waals surface area contributed by atoms with Crippen LogP contribution in [-0.4, -0.2) is 21.3 Å². The molecule has 2 N–H and O–H groups in total. The van der Waals surface area contributed by atoms with Crippen LogP contribution in [0.1, 0.15) is 12.5 Å². The van der Waals surface area contributed by atoms with Crippen LogP contribution in [0.4, 0.5) is 0 Å². The number of benzene rings is 1. The van der Waals surface area contributed by atoms with E-state index in [4.69, 9.17) is 0 Å². The van der Waals surface area contributed by atoms with Gasteiger partial charge in [-0.05, 0) is 51.9 Å². The molecule has 0 amide bonds. The van der Waals surface area contributed by atoms with E-state index in [1.54, 1.807) is 7.05 Å². The molecule has 2 aromatic rings. The minimum atomic E-state index is -0.782. The Kier molecular flexibility index (Phi) is 5.38. The Morgan fingerprint density at radius 1 is 1.43 bits per heavy atom. The molecule has 0 unspecified atom stereocenters. The number of nitrogens with one attached hydrogen (secondary N) is 2. The molecule has 1 aromatic heterocycles. The average Bonchev–Trinajstić information content (AvgIpc) is 2.45. The quantitative estimate of drug-likeness (QED) is 0.779. The molecule has 8 heteroatoms. The summed E-state index contributed by atoms with van der Waals surface area (Å²) in [6.07, 6.45) is 0. The van der Waals surface area contributed by atoms with Gasteiger partial charge in [0.25, 0.3) is 0 Å². The lowest BCUT2D eigenvalue weighted by Crippen LogP contribution is -2.33. The van der Waals surface area contributed by atoms with Gasteiger partial charge < -0.3 is 5.32 Å². The number of aryl methyl sites for hydroxylation is 1. The van der Waals surface area contributed by atoms with Crippen LogP contribution in [0.2, 0.25) is 0 Å². The Balaban J connectivity index is 2.26. The molecule has 0 bridgehead atoms. The zero-order valence-corrected chi connectivity index (χ0v) is 14.0. The van der Waals surface area contributed by atoms with E-state index >= 15 is 0 Å². The summed E-state index contributed by atoms with van der Waals surface area (Å²) < 4.78 is 2.36. The average molecular weight is 371 g/mol. The second-order valence-electron chi connectivity index (χ2n) is 4.35. The standard InChI is InChI=1S/C13H15BrN4O2S/c1-3-15-7-8-4-5-10(9(14)6-8)21-13-16-11(19)12(20)17-18(13)2/h4-6,15H,3,7H2,1-2H3,(H,17,20). The van der Waals surface area contributed by atoms with E-state index in [-0.39, 0.29) is 0 Å². The van der Waals surface area contributed by atoms with Crippen molar-refractivity contribution in [3.63, 3.8) is 0 Å². The molecule has 0 spiro atoms. The Bertz CT molecular complexity index is 757. The third-order valence-corrected chi connectivity index (χ3v) is 4.77. The third-order valence-electron chi connectivity index (χ3n) is 2.72. The minimum absolute atomic E-state index is 0.430. The topological polar surface area (TPSA) is 79.8 Å². The summed E-state index contributed by atoms with van der Waals surface area (Å²) in [6, 6.07) is 5.99. The smallest absolute Gasteiger partial charge is 0.313 e. The summed E-state index contributed by atoms with van der Waals surface area (Å²) in [7, 11) is 1.64. The number of hydrogen-bond acceptors (Lipinski definition) is 5. The van der Waals surface area contributed by atoms with Crippen molar-refractivity contribution in [1.29, 1.82) is 0 Å². The van der Waals surface area contributed by atoms with Crippen molar-refractivity contribution in [3.05, 3.63) is 48.9 Å². The molecule has 0 fully saturated rings. The summed E-state index contributed by atoms with van der Waals surface area (Å²) >= 11 is 4.83. The maximum Gasteiger partial charge on any atom is 0.339 e. The molecule has 0 aliphatic rings. The minimum Gasteiger partial charge on any atom is -0.313 e. The van der Waals surface area contributed by atoms with Crippen molar-refractivity contribution in [3.8, 4) is 0 Å². The third kappa shape index (κ3) is 4.05. The zero-order valence-electron chi connectivity index (χ0n) is 11.6. The number of aromatic amines is 1. The van der Waals surface area contributed by atoms with Crippen molar-refractivity contribution in [2.24, 2.45) is 7.05 Å². The monoisotopic (exact) mass is 370 g/mol. The first-order valence-corrected chi connectivity index (χ1v) is 7.96. The van der Waals surface area contributed by atoms with Crippen LogP contribution in [0.25, 0.3) is 0 Å². The fraction of sp³-hybridized carbons (Fsp3) is 0.308. The number of hydrogen-bond donors (Lipinski definition) is 2. The van der Waals surface area contributed by atoms with Crippen molar-refractivity contribution in [2.75, 3.05) is 6.54 Å². The molecular weight excluding hydrogens is 356 g/mol. The van der Waals surface area contributed by atoms with Crippen LogP contribution in [0.3, 0.4) is 0 Å². The highest BCUT2D eigenvalue weighted by Crippen LogP contribution is 2.32. The van der Waals surface area contributed by atoms with Gasteiger partial charge in [-0.1, -0.05) is 13.0 Å². The van der Waals surface area contributed by atoms with E-state index in [2.05, 4.69) is 38.3 Å². The fourth-order valence-electron chi connectivity index (χ4n) is 1.66. The van der Waals surface area contributed by atoms with Gasteiger partial charge >= 0.3 is 11.1 Å². The molecule has 0 radical (unpaired) electrons. The van der Waals surface area contributed by atoms with Gasteiger partial charge in [0.05, 0.1) is 0 Å². The van der Waals surface area contributed by atoms with Crippen molar-refractivity contribution in [1.82, 2.24) is 20.1 Å². The van der Waals surface area contributed by atoms with Gasteiger partial charge in [0.2, 0.25) is 0 Å². The van der Waals surface area contributed by atoms with E-state index in [9.17, 15) is 9.59 Å². The Morgan fingerprint density at radius 2 is 2.19 bits per heavy atom. The summed E-state index contributed by atoms with van der Waals surface area (Å²) in [5, 5.41) is 6.11. The highest BCUT2D eigenvalue weighted by atomic mass is 79.9. The van der Waals surface area contributed by atoms with Crippen LogP contribution in [0, 0.1) is 0 Å². The molecule has 0 aliphatic heterocycles. The lowest BCUT2D eigenvalue weighted by Gasteiger charge is -2.09. The molecular formula is C13H15BrN4O2S. The first-order valence-electron chi connectivity index (χ1n) is 6.35. The number of aromatic nitrogens is 3. The second-order valence-corrected chi connectivity index (χ2v) is 6.21. The summed E-state index contributed by atoms with van der Waals surface area (Å²) in [5.41, 5.74) is -0.339. The predicted octanol–water partition coefficient (Wildman–Crippen LogP) is 1.49. The van der Waals surface area contributed by atoms with Crippen LogP contribution < -0.4 is 16.4 Å². The zero-order chi connectivity index (χ0) is 15.4. The summed E-state index contributed by atoms with van der Waals surface area (Å²) in [5.74, 6) is 0. The predicted molar refractivity (Wildman–Crippen MR) is 85.7 cm³/mol. The van der Waals surface area contributed by atoms with Crippen LogP contribution in [0.15, 0.2) is 42.3 Å². The van der Waals surface area contributed by atoms with Crippen LogP contribution in [-0.2, 0) is 13.6 Å². The van der Waals surface area contributed by atoms with Crippen LogP contribution >= 0.6 is 27.7 Å². The first kappa shape index (κ1) is 16.0. The Morgan fingerprint density at radius 3 is 2.86 bits per heavy atom. The van der Waals surface area contributed by atoms with Gasteiger partial charge in [-0.15, -0.1) is 0 Å². The summed E-state index contributed by atoms with van der Waals surface area (Å²) in [6.45, 7) is 3.77. The van der Waals surface area contributed by atoms with E-state index < -0.39 is 11.1 Å². The maximum absolute atomic E-state index is 11.3. The lowest BCUT2D eigenvalue weighted by molar-refractivity contribution is 0.596. The molecule has 1 aromatic carbocycles.